The van der Waals surface area contributed by atoms with E-state index >= 15 is 0 Å². The lowest BCUT2D eigenvalue weighted by Gasteiger charge is -2.37. The van der Waals surface area contributed by atoms with E-state index in [9.17, 15) is 9.59 Å². The molecular formula is C19H12BrCl2NO2. The minimum Gasteiger partial charge on any atom is -0.325 e. The van der Waals surface area contributed by atoms with E-state index in [1.54, 1.807) is 24.3 Å². The summed E-state index contributed by atoms with van der Waals surface area (Å²) >= 11 is 15.6. The van der Waals surface area contributed by atoms with Gasteiger partial charge < -0.3 is 5.32 Å². The second-order valence-electron chi connectivity index (χ2n) is 6.24. The van der Waals surface area contributed by atoms with Crippen molar-refractivity contribution >= 4 is 56.5 Å². The molecule has 1 spiro atoms. The smallest absolute Gasteiger partial charge is 0.239 e. The predicted molar refractivity (Wildman–Crippen MR) is 103 cm³/mol. The molecule has 2 aromatic rings. The van der Waals surface area contributed by atoms with Gasteiger partial charge >= 0.3 is 0 Å². The van der Waals surface area contributed by atoms with Crippen LogP contribution < -0.4 is 5.32 Å². The molecule has 3 nitrogen and oxygen atoms in total. The Bertz CT molecular complexity index is 956. The van der Waals surface area contributed by atoms with Crippen LogP contribution in [-0.2, 0) is 15.0 Å². The summed E-state index contributed by atoms with van der Waals surface area (Å²) in [6.45, 7) is 0. The minimum atomic E-state index is -0.975. The topological polar surface area (TPSA) is 46.2 Å². The van der Waals surface area contributed by atoms with Gasteiger partial charge in [0.2, 0.25) is 5.91 Å². The quantitative estimate of drug-likeness (QED) is 0.666. The van der Waals surface area contributed by atoms with Gasteiger partial charge in [0.05, 0.1) is 4.48 Å². The van der Waals surface area contributed by atoms with E-state index in [0.29, 0.717) is 20.2 Å². The summed E-state index contributed by atoms with van der Waals surface area (Å²) < 4.78 is 0.420. The first-order valence-electron chi connectivity index (χ1n) is 7.70. The van der Waals surface area contributed by atoms with E-state index in [2.05, 4.69) is 21.2 Å². The Labute approximate surface area is 163 Å². The van der Waals surface area contributed by atoms with Crippen molar-refractivity contribution in [2.45, 2.75) is 17.8 Å². The summed E-state index contributed by atoms with van der Waals surface area (Å²) in [5.41, 5.74) is 1.37. The van der Waals surface area contributed by atoms with Crippen LogP contribution in [0.4, 0.5) is 5.69 Å². The van der Waals surface area contributed by atoms with Crippen molar-refractivity contribution in [3.63, 3.8) is 0 Å². The summed E-state index contributed by atoms with van der Waals surface area (Å²) in [5, 5.41) is 4.03. The third-order valence-corrected chi connectivity index (χ3v) is 6.00. The highest BCUT2D eigenvalue weighted by Crippen LogP contribution is 2.53. The number of benzene rings is 2. The maximum absolute atomic E-state index is 13.1. The summed E-state index contributed by atoms with van der Waals surface area (Å²) in [6, 6.07) is 12.7. The van der Waals surface area contributed by atoms with Crippen molar-refractivity contribution in [2.24, 2.45) is 0 Å². The number of anilines is 1. The zero-order chi connectivity index (χ0) is 17.8. The van der Waals surface area contributed by atoms with Gasteiger partial charge in [-0.15, -0.1) is 0 Å². The molecule has 1 heterocycles. The normalized spacial score (nSPS) is 24.9. The van der Waals surface area contributed by atoms with E-state index in [1.807, 2.05) is 24.3 Å². The molecule has 2 aliphatic rings. The molecule has 2 atom stereocenters. The highest BCUT2D eigenvalue weighted by molar-refractivity contribution is 9.12. The lowest BCUT2D eigenvalue weighted by Crippen LogP contribution is -2.42. The molecule has 1 aliphatic carbocycles. The average molecular weight is 437 g/mol. The predicted octanol–water partition coefficient (Wildman–Crippen LogP) is 5.22. The van der Waals surface area contributed by atoms with Gasteiger partial charge in [0.25, 0.3) is 0 Å². The van der Waals surface area contributed by atoms with Gasteiger partial charge in [0, 0.05) is 28.1 Å². The molecule has 0 unspecified atom stereocenters. The maximum Gasteiger partial charge on any atom is 0.239 e. The Hall–Kier alpha value is -1.62. The molecular weight excluding hydrogens is 425 g/mol. The largest absolute Gasteiger partial charge is 0.325 e. The van der Waals surface area contributed by atoms with Gasteiger partial charge in [-0.25, -0.2) is 0 Å². The molecule has 0 radical (unpaired) electrons. The number of allylic oxidation sites excluding steroid dienone is 1. The first kappa shape index (κ1) is 16.8. The van der Waals surface area contributed by atoms with Crippen LogP contribution >= 0.6 is 39.1 Å². The molecule has 25 heavy (non-hydrogen) atoms. The van der Waals surface area contributed by atoms with E-state index in [1.165, 1.54) is 0 Å². The van der Waals surface area contributed by atoms with E-state index < -0.39 is 5.41 Å². The fourth-order valence-corrected chi connectivity index (χ4v) is 4.64. The van der Waals surface area contributed by atoms with E-state index in [0.717, 1.165) is 11.1 Å². The number of ketones is 1. The van der Waals surface area contributed by atoms with Crippen molar-refractivity contribution < 1.29 is 9.59 Å². The highest BCUT2D eigenvalue weighted by Gasteiger charge is 2.54. The monoisotopic (exact) mass is 435 g/mol. The van der Waals surface area contributed by atoms with Crippen molar-refractivity contribution in [1.29, 1.82) is 0 Å². The lowest BCUT2D eigenvalue weighted by molar-refractivity contribution is -0.121. The Morgan fingerprint density at radius 1 is 1.08 bits per heavy atom. The van der Waals surface area contributed by atoms with Gasteiger partial charge in [-0.3, -0.25) is 9.59 Å². The number of nitrogens with one attached hydrogen (secondary N) is 1. The van der Waals surface area contributed by atoms with Gasteiger partial charge in [0.1, 0.15) is 5.41 Å². The van der Waals surface area contributed by atoms with Crippen molar-refractivity contribution in [1.82, 2.24) is 0 Å². The number of fused-ring (bicyclic) bond motifs is 2. The van der Waals surface area contributed by atoms with Gasteiger partial charge in [-0.2, -0.15) is 0 Å². The number of hydrogen-bond donors (Lipinski definition) is 1. The third kappa shape index (κ3) is 2.55. The summed E-state index contributed by atoms with van der Waals surface area (Å²) in [7, 11) is 0. The second-order valence-corrected chi connectivity index (χ2v) is 7.97. The molecule has 6 heteroatoms. The summed E-state index contributed by atoms with van der Waals surface area (Å²) in [5.74, 6) is -0.549. The molecule has 2 aromatic carbocycles. The molecule has 0 fully saturated rings. The number of amides is 1. The molecule has 1 amide bonds. The van der Waals surface area contributed by atoms with E-state index in [4.69, 9.17) is 23.2 Å². The Morgan fingerprint density at radius 3 is 2.60 bits per heavy atom. The zero-order valence-electron chi connectivity index (χ0n) is 12.9. The fraction of sp³-hybridized carbons (Fsp3) is 0.158. The number of carbonyl (C=O) groups is 2. The van der Waals surface area contributed by atoms with Crippen LogP contribution in [0.2, 0.25) is 10.0 Å². The SMILES string of the molecule is O=C1C[C@@H](c2cccc(Cl)c2)[C@]2(C=C1Br)C(=O)Nc1cc(Cl)ccc12. The fourth-order valence-electron chi connectivity index (χ4n) is 3.75. The van der Waals surface area contributed by atoms with Crippen molar-refractivity contribution in [3.05, 3.63) is 74.2 Å². The molecule has 1 aliphatic heterocycles. The van der Waals surface area contributed by atoms with Crippen molar-refractivity contribution in [2.75, 3.05) is 5.32 Å². The third-order valence-electron chi connectivity index (χ3n) is 4.86. The zero-order valence-corrected chi connectivity index (χ0v) is 16.0. The molecule has 4 rings (SSSR count). The summed E-state index contributed by atoms with van der Waals surface area (Å²) in [4.78, 5) is 25.5. The van der Waals surface area contributed by atoms with E-state index in [-0.39, 0.29) is 24.0 Å². The molecule has 0 aromatic heterocycles. The Morgan fingerprint density at radius 2 is 1.84 bits per heavy atom. The van der Waals surface area contributed by atoms with Crippen LogP contribution in [0.5, 0.6) is 0 Å². The Kier molecular flexibility index (Phi) is 4.02. The maximum atomic E-state index is 13.1. The number of rotatable bonds is 1. The van der Waals surface area contributed by atoms with Gasteiger partial charge in [-0.1, -0.05) is 41.4 Å². The number of halogens is 3. The van der Waals surface area contributed by atoms with Crippen LogP contribution in [0.25, 0.3) is 0 Å². The van der Waals surface area contributed by atoms with Gasteiger partial charge in [0.15, 0.2) is 5.78 Å². The first-order chi connectivity index (χ1) is 11.9. The molecule has 0 bridgehead atoms. The first-order valence-corrected chi connectivity index (χ1v) is 9.25. The lowest BCUT2D eigenvalue weighted by atomic mass is 9.64. The molecule has 0 saturated heterocycles. The highest BCUT2D eigenvalue weighted by atomic mass is 79.9. The van der Waals surface area contributed by atoms with Crippen LogP contribution in [0.1, 0.15) is 23.5 Å². The molecule has 126 valence electrons. The second kappa shape index (κ2) is 5.97. The summed E-state index contributed by atoms with van der Waals surface area (Å²) in [6.07, 6.45) is 1.94. The number of hydrogen-bond acceptors (Lipinski definition) is 2. The van der Waals surface area contributed by atoms with Crippen LogP contribution in [0.3, 0.4) is 0 Å². The molecule has 1 N–H and O–H groups in total. The van der Waals surface area contributed by atoms with Crippen LogP contribution in [0, 0.1) is 0 Å². The van der Waals surface area contributed by atoms with Crippen molar-refractivity contribution in [3.8, 4) is 0 Å². The van der Waals surface area contributed by atoms with Crippen LogP contribution in [-0.4, -0.2) is 11.7 Å². The number of Topliss-reactive ketones (excluding diaryl/α,β-unsaturated/α-hetero) is 1. The number of carbonyl (C=O) groups excluding carboxylic acids is 2. The van der Waals surface area contributed by atoms with Gasteiger partial charge in [-0.05, 0) is 57.4 Å². The average Bonchev–Trinajstić information content (AvgIpc) is 2.82. The molecule has 0 saturated carbocycles. The van der Waals surface area contributed by atoms with Crippen LogP contribution in [0.15, 0.2) is 53.0 Å². The minimum absolute atomic E-state index is 0.0363. The Balaban J connectivity index is 1.99. The standard InChI is InChI=1S/C19H12BrCl2NO2/c20-15-9-19(13-5-4-12(22)7-16(13)23-18(19)25)14(8-17(15)24)10-2-1-3-11(21)6-10/h1-7,9,14H,8H2,(H,23,25)/t14-,19+/m0/s1.